The van der Waals surface area contributed by atoms with Crippen LogP contribution in [-0.4, -0.2) is 44.0 Å². The molecule has 0 amide bonds. The minimum Gasteiger partial charge on any atom is -0.497 e. The molecule has 1 aliphatic carbocycles. The largest absolute Gasteiger partial charge is 0.497 e. The maximum atomic E-state index is 12.7. The molecule has 0 bridgehead atoms. The van der Waals surface area contributed by atoms with E-state index in [0.717, 1.165) is 43.9 Å². The molecule has 134 valence electrons. The fourth-order valence-corrected chi connectivity index (χ4v) is 4.73. The van der Waals surface area contributed by atoms with Crippen molar-refractivity contribution in [3.63, 3.8) is 0 Å². The molecule has 3 rings (SSSR count). The minimum atomic E-state index is 0.0830. The lowest BCUT2D eigenvalue weighted by atomic mass is 9.65. The van der Waals surface area contributed by atoms with Gasteiger partial charge in [-0.15, -0.1) is 0 Å². The van der Waals surface area contributed by atoms with E-state index in [1.54, 1.807) is 14.2 Å². The summed E-state index contributed by atoms with van der Waals surface area (Å²) < 4.78 is 11.1. The van der Waals surface area contributed by atoms with Crippen molar-refractivity contribution in [2.24, 2.45) is 17.3 Å². The first-order chi connectivity index (χ1) is 11.4. The number of methoxy groups -OCH3 is 2. The number of hydrogen-bond acceptors (Lipinski definition) is 4. The average molecular weight is 333 g/mol. The Kier molecular flexibility index (Phi) is 4.78. The molecule has 3 atom stereocenters. The highest BCUT2D eigenvalue weighted by atomic mass is 16.5. The maximum absolute atomic E-state index is 12.7. The van der Waals surface area contributed by atoms with Crippen LogP contribution in [0, 0.1) is 17.3 Å². The first-order valence-electron chi connectivity index (χ1n) is 9.18. The van der Waals surface area contributed by atoms with E-state index in [1.165, 1.54) is 5.57 Å². The zero-order chi connectivity index (χ0) is 17.5. The molecule has 4 nitrogen and oxygen atoms in total. The molecular weight excluding hydrogens is 302 g/mol. The molecule has 0 aromatic heterocycles. The van der Waals surface area contributed by atoms with Crippen LogP contribution in [0.1, 0.15) is 46.5 Å². The van der Waals surface area contributed by atoms with Crippen LogP contribution < -0.4 is 0 Å². The van der Waals surface area contributed by atoms with E-state index in [9.17, 15) is 4.79 Å². The van der Waals surface area contributed by atoms with Gasteiger partial charge in [-0.25, -0.2) is 0 Å². The van der Waals surface area contributed by atoms with Gasteiger partial charge in [0.15, 0.2) is 5.76 Å². The smallest absolute Gasteiger partial charge is 0.156 e. The van der Waals surface area contributed by atoms with Gasteiger partial charge in [0.05, 0.1) is 14.2 Å². The number of nitrogens with zero attached hydrogens (tertiary/aromatic N) is 1. The van der Waals surface area contributed by atoms with Crippen LogP contribution in [0.25, 0.3) is 0 Å². The van der Waals surface area contributed by atoms with Crippen molar-refractivity contribution >= 4 is 5.78 Å². The molecule has 0 radical (unpaired) electrons. The van der Waals surface area contributed by atoms with Crippen molar-refractivity contribution in [1.82, 2.24) is 4.90 Å². The highest BCUT2D eigenvalue weighted by Crippen LogP contribution is 2.50. The third-order valence-electron chi connectivity index (χ3n) is 6.09. The van der Waals surface area contributed by atoms with Crippen LogP contribution >= 0.6 is 0 Å². The molecule has 24 heavy (non-hydrogen) atoms. The fraction of sp³-hybridized carbons (Fsp3) is 0.750. The van der Waals surface area contributed by atoms with Crippen LogP contribution in [0.3, 0.4) is 0 Å². The van der Waals surface area contributed by atoms with Crippen LogP contribution in [0.4, 0.5) is 0 Å². The number of ether oxygens (including phenoxy) is 2. The normalized spacial score (nSPS) is 33.9. The maximum Gasteiger partial charge on any atom is 0.156 e. The first kappa shape index (κ1) is 17.5. The monoisotopic (exact) mass is 333 g/mol. The standard InChI is InChI=1S/C20H31NO3/c1-13(2)8-14-12-21-7-6-20(3)11-19(24-5)18(23-4)9-15(20)16(21)10-17(14)22/h9,13-14,16H,6-8,10-12H2,1-5H3. The Hall–Kier alpha value is -1.29. The van der Waals surface area contributed by atoms with Crippen molar-refractivity contribution in [3.8, 4) is 0 Å². The van der Waals surface area contributed by atoms with E-state index < -0.39 is 0 Å². The third kappa shape index (κ3) is 3.01. The fourth-order valence-electron chi connectivity index (χ4n) is 4.73. The quantitative estimate of drug-likeness (QED) is 0.789. The van der Waals surface area contributed by atoms with Gasteiger partial charge in [0.1, 0.15) is 11.5 Å². The van der Waals surface area contributed by atoms with Gasteiger partial charge in [0, 0.05) is 31.3 Å². The molecule has 0 N–H and O–H groups in total. The lowest BCUT2D eigenvalue weighted by molar-refractivity contribution is -0.129. The van der Waals surface area contributed by atoms with Gasteiger partial charge in [-0.3, -0.25) is 9.69 Å². The van der Waals surface area contributed by atoms with Crippen molar-refractivity contribution in [2.75, 3.05) is 27.3 Å². The SMILES string of the molecule is COC1=C(OC)CC2(C)CCN3CC(CC(C)C)C(=O)CC3C2=C1. The van der Waals surface area contributed by atoms with E-state index in [2.05, 4.69) is 31.7 Å². The molecule has 0 aromatic carbocycles. The zero-order valence-corrected chi connectivity index (χ0v) is 15.7. The van der Waals surface area contributed by atoms with Gasteiger partial charge in [-0.2, -0.15) is 0 Å². The molecule has 2 saturated heterocycles. The number of hydrogen-bond donors (Lipinski definition) is 0. The van der Waals surface area contributed by atoms with Crippen LogP contribution in [0.15, 0.2) is 23.2 Å². The molecule has 2 heterocycles. The lowest BCUT2D eigenvalue weighted by Gasteiger charge is -2.52. The Morgan fingerprint density at radius 2 is 2.08 bits per heavy atom. The Labute approximate surface area is 145 Å². The first-order valence-corrected chi connectivity index (χ1v) is 9.18. The second-order valence-electron chi connectivity index (χ2n) is 8.29. The molecule has 2 aliphatic heterocycles. The second kappa shape index (κ2) is 6.55. The lowest BCUT2D eigenvalue weighted by Crippen LogP contribution is -2.55. The summed E-state index contributed by atoms with van der Waals surface area (Å²) in [5, 5.41) is 0. The number of Topliss-reactive ketones (excluding diaryl/α,β-unsaturated/α-hetero) is 1. The molecular formula is C20H31NO3. The predicted octanol–water partition coefficient (Wildman–Crippen LogP) is 3.54. The van der Waals surface area contributed by atoms with Crippen molar-refractivity contribution in [2.45, 2.75) is 52.5 Å². The molecule has 0 spiro atoms. The molecule has 2 fully saturated rings. The van der Waals surface area contributed by atoms with Crippen LogP contribution in [-0.2, 0) is 14.3 Å². The van der Waals surface area contributed by atoms with Gasteiger partial charge in [-0.05, 0) is 42.4 Å². The summed E-state index contributed by atoms with van der Waals surface area (Å²) in [5.41, 5.74) is 1.45. The van der Waals surface area contributed by atoms with Gasteiger partial charge in [0.25, 0.3) is 0 Å². The number of carbonyl (C=O) groups is 1. The predicted molar refractivity (Wildman–Crippen MR) is 94.4 cm³/mol. The van der Waals surface area contributed by atoms with Gasteiger partial charge >= 0.3 is 0 Å². The second-order valence-corrected chi connectivity index (χ2v) is 8.29. The number of carbonyl (C=O) groups excluding carboxylic acids is 1. The van der Waals surface area contributed by atoms with E-state index in [0.29, 0.717) is 18.1 Å². The highest BCUT2D eigenvalue weighted by molar-refractivity contribution is 5.83. The third-order valence-corrected chi connectivity index (χ3v) is 6.09. The van der Waals surface area contributed by atoms with E-state index in [4.69, 9.17) is 9.47 Å². The summed E-state index contributed by atoms with van der Waals surface area (Å²) in [7, 11) is 3.41. The Morgan fingerprint density at radius 3 is 2.71 bits per heavy atom. The van der Waals surface area contributed by atoms with E-state index in [-0.39, 0.29) is 17.4 Å². The number of rotatable bonds is 4. The summed E-state index contributed by atoms with van der Waals surface area (Å²) >= 11 is 0. The summed E-state index contributed by atoms with van der Waals surface area (Å²) in [5.74, 6) is 2.98. The van der Waals surface area contributed by atoms with Crippen LogP contribution in [0.2, 0.25) is 0 Å². The van der Waals surface area contributed by atoms with E-state index >= 15 is 0 Å². The number of piperidine rings is 2. The average Bonchev–Trinajstić information content (AvgIpc) is 2.54. The Bertz CT molecular complexity index is 577. The van der Waals surface area contributed by atoms with E-state index in [1.807, 2.05) is 0 Å². The van der Waals surface area contributed by atoms with Gasteiger partial charge in [0.2, 0.25) is 0 Å². The number of allylic oxidation sites excluding steroid dienone is 2. The van der Waals surface area contributed by atoms with Crippen molar-refractivity contribution in [1.29, 1.82) is 0 Å². The highest BCUT2D eigenvalue weighted by Gasteiger charge is 2.47. The summed E-state index contributed by atoms with van der Waals surface area (Å²) in [6.45, 7) is 8.71. The van der Waals surface area contributed by atoms with Gasteiger partial charge in [-0.1, -0.05) is 20.8 Å². The number of fused-ring (bicyclic) bond motifs is 3. The minimum absolute atomic E-state index is 0.0830. The van der Waals surface area contributed by atoms with Crippen molar-refractivity contribution in [3.05, 3.63) is 23.2 Å². The molecule has 3 aliphatic rings. The Balaban J connectivity index is 1.88. The molecule has 0 saturated carbocycles. The summed E-state index contributed by atoms with van der Waals surface area (Å²) in [6, 6.07) is 0.239. The topological polar surface area (TPSA) is 38.8 Å². The Morgan fingerprint density at radius 1 is 1.33 bits per heavy atom. The number of ketones is 1. The summed E-state index contributed by atoms with van der Waals surface area (Å²) in [6.07, 6.45) is 5.79. The van der Waals surface area contributed by atoms with Crippen molar-refractivity contribution < 1.29 is 14.3 Å². The van der Waals surface area contributed by atoms with Gasteiger partial charge < -0.3 is 9.47 Å². The van der Waals surface area contributed by atoms with Crippen LogP contribution in [0.5, 0.6) is 0 Å². The molecule has 4 heteroatoms. The molecule has 3 unspecified atom stereocenters. The zero-order valence-electron chi connectivity index (χ0n) is 15.7. The summed E-state index contributed by atoms with van der Waals surface area (Å²) in [4.78, 5) is 15.2. The molecule has 0 aromatic rings.